The number of rotatable bonds is 3. The summed E-state index contributed by atoms with van der Waals surface area (Å²) in [4.78, 5) is 31.0. The number of hydrogen-bond donors (Lipinski definition) is 0. The molecule has 0 bridgehead atoms. The molecule has 3 heterocycles. The van der Waals surface area contributed by atoms with Gasteiger partial charge in [-0.2, -0.15) is 5.26 Å². The first-order chi connectivity index (χ1) is 17.4. The predicted octanol–water partition coefficient (Wildman–Crippen LogP) is 4.55. The molecule has 0 atom stereocenters. The Morgan fingerprint density at radius 1 is 1.06 bits per heavy atom. The van der Waals surface area contributed by atoms with Crippen LogP contribution < -0.4 is 4.90 Å². The number of fused-ring (bicyclic) bond motifs is 2. The number of carbonyl (C=O) groups is 2. The van der Waals surface area contributed by atoms with Gasteiger partial charge in [0.2, 0.25) is 5.91 Å². The van der Waals surface area contributed by atoms with Crippen LogP contribution in [-0.4, -0.2) is 67.2 Å². The molecule has 1 spiro atoms. The van der Waals surface area contributed by atoms with E-state index in [9.17, 15) is 14.9 Å². The van der Waals surface area contributed by atoms with Gasteiger partial charge in [0, 0.05) is 43.7 Å². The minimum Gasteiger partial charge on any atom is -0.450 e. The third-order valence-electron chi connectivity index (χ3n) is 8.29. The first-order valence-electron chi connectivity index (χ1n) is 13.0. The Morgan fingerprint density at radius 3 is 2.44 bits per heavy atom. The number of carbonyl (C=O) groups excluding carboxylic acids is 2. The Hall–Kier alpha value is -3.37. The van der Waals surface area contributed by atoms with Gasteiger partial charge < -0.3 is 19.4 Å². The van der Waals surface area contributed by atoms with E-state index in [1.165, 1.54) is 5.56 Å². The molecule has 188 valence electrons. The summed E-state index contributed by atoms with van der Waals surface area (Å²) in [5.41, 5.74) is 5.00. The molecule has 36 heavy (non-hydrogen) atoms. The fraction of sp³-hybridized carbons (Fsp3) is 0.483. The van der Waals surface area contributed by atoms with Crippen LogP contribution in [0.25, 0.3) is 11.1 Å². The number of benzene rings is 2. The molecule has 0 saturated carbocycles. The number of hydrogen-bond acceptors (Lipinski definition) is 5. The van der Waals surface area contributed by atoms with Crippen LogP contribution in [0.2, 0.25) is 0 Å². The molecule has 0 radical (unpaired) electrons. The van der Waals surface area contributed by atoms with Crippen LogP contribution in [0.1, 0.15) is 50.7 Å². The Kier molecular flexibility index (Phi) is 6.72. The lowest BCUT2D eigenvalue weighted by atomic mass is 9.73. The lowest BCUT2D eigenvalue weighted by Gasteiger charge is -2.45. The third kappa shape index (κ3) is 4.46. The molecule has 0 aliphatic carbocycles. The Balaban J connectivity index is 1.34. The summed E-state index contributed by atoms with van der Waals surface area (Å²) in [6, 6.07) is 16.8. The largest absolute Gasteiger partial charge is 0.450 e. The summed E-state index contributed by atoms with van der Waals surface area (Å²) < 4.78 is 5.17. The van der Waals surface area contributed by atoms with E-state index in [-0.39, 0.29) is 17.4 Å². The van der Waals surface area contributed by atoms with Gasteiger partial charge in [-0.25, -0.2) is 4.79 Å². The number of ether oxygens (including phenoxy) is 1. The quantitative estimate of drug-likeness (QED) is 0.636. The van der Waals surface area contributed by atoms with Crippen LogP contribution in [0, 0.1) is 11.3 Å². The van der Waals surface area contributed by atoms with Crippen molar-refractivity contribution in [3.05, 3.63) is 53.6 Å². The zero-order chi connectivity index (χ0) is 25.3. The summed E-state index contributed by atoms with van der Waals surface area (Å²) in [6.07, 6.45) is 3.76. The second-order valence-corrected chi connectivity index (χ2v) is 10.3. The number of amides is 2. The lowest BCUT2D eigenvalue weighted by molar-refractivity contribution is -0.116. The Bertz CT molecular complexity index is 1190. The van der Waals surface area contributed by atoms with Crippen molar-refractivity contribution in [1.29, 1.82) is 5.26 Å². The van der Waals surface area contributed by atoms with Gasteiger partial charge in [-0.15, -0.1) is 0 Å². The minimum atomic E-state index is -0.198. The predicted molar refractivity (Wildman–Crippen MR) is 139 cm³/mol. The van der Waals surface area contributed by atoms with E-state index in [1.54, 1.807) is 6.92 Å². The van der Waals surface area contributed by atoms with Crippen molar-refractivity contribution in [2.45, 2.75) is 51.0 Å². The maximum Gasteiger partial charge on any atom is 0.409 e. The normalized spacial score (nSPS) is 19.7. The zero-order valence-electron chi connectivity index (χ0n) is 21.2. The summed E-state index contributed by atoms with van der Waals surface area (Å²) in [5, 5.41) is 9.33. The summed E-state index contributed by atoms with van der Waals surface area (Å²) in [6.45, 7) is 8.11. The molecule has 7 nitrogen and oxygen atoms in total. The van der Waals surface area contributed by atoms with Crippen molar-refractivity contribution >= 4 is 17.7 Å². The number of nitrogens with zero attached hydrogens (tertiary/aromatic N) is 4. The van der Waals surface area contributed by atoms with E-state index in [1.807, 2.05) is 41.0 Å². The van der Waals surface area contributed by atoms with Gasteiger partial charge in [0.05, 0.1) is 18.2 Å². The monoisotopic (exact) mass is 486 g/mol. The van der Waals surface area contributed by atoms with Crippen molar-refractivity contribution in [2.75, 3.05) is 44.2 Å². The van der Waals surface area contributed by atoms with Crippen LogP contribution >= 0.6 is 0 Å². The minimum absolute atomic E-state index is 0.0496. The molecule has 2 amide bonds. The molecule has 5 rings (SSSR count). The second-order valence-electron chi connectivity index (χ2n) is 10.3. The van der Waals surface area contributed by atoms with Gasteiger partial charge in [-0.1, -0.05) is 18.2 Å². The average Bonchev–Trinajstić information content (AvgIpc) is 3.23. The van der Waals surface area contributed by atoms with Gasteiger partial charge in [-0.05, 0) is 86.7 Å². The Morgan fingerprint density at radius 2 is 1.78 bits per heavy atom. The summed E-state index contributed by atoms with van der Waals surface area (Å²) in [7, 11) is 0. The van der Waals surface area contributed by atoms with Crippen molar-refractivity contribution in [3.63, 3.8) is 0 Å². The topological polar surface area (TPSA) is 76.9 Å². The molecule has 2 aromatic carbocycles. The van der Waals surface area contributed by atoms with Gasteiger partial charge in [-0.3, -0.25) is 4.79 Å². The van der Waals surface area contributed by atoms with E-state index >= 15 is 0 Å². The molecule has 7 heteroatoms. The molecule has 0 N–H and O–H groups in total. The molecule has 3 aliphatic rings. The van der Waals surface area contributed by atoms with E-state index in [0.717, 1.165) is 75.2 Å². The Labute approximate surface area is 213 Å². The van der Waals surface area contributed by atoms with Crippen molar-refractivity contribution < 1.29 is 14.3 Å². The molecule has 3 aliphatic heterocycles. The van der Waals surface area contributed by atoms with E-state index < -0.39 is 0 Å². The van der Waals surface area contributed by atoms with Gasteiger partial charge in [0.1, 0.15) is 0 Å². The van der Waals surface area contributed by atoms with Gasteiger partial charge >= 0.3 is 6.09 Å². The smallest absolute Gasteiger partial charge is 0.409 e. The number of anilines is 1. The number of likely N-dealkylation sites (tertiary alicyclic amines) is 2. The fourth-order valence-electron chi connectivity index (χ4n) is 6.27. The maximum absolute atomic E-state index is 12.6. The molecule has 2 saturated heterocycles. The highest BCUT2D eigenvalue weighted by Crippen LogP contribution is 2.48. The molecular weight excluding hydrogens is 452 g/mol. The van der Waals surface area contributed by atoms with E-state index in [0.29, 0.717) is 18.2 Å². The van der Waals surface area contributed by atoms with E-state index in [2.05, 4.69) is 29.2 Å². The van der Waals surface area contributed by atoms with Crippen LogP contribution in [0.5, 0.6) is 0 Å². The van der Waals surface area contributed by atoms with Gasteiger partial charge in [0.15, 0.2) is 0 Å². The fourth-order valence-corrected chi connectivity index (χ4v) is 6.27. The molecular formula is C29H34N4O3. The van der Waals surface area contributed by atoms with Gasteiger partial charge in [0.25, 0.3) is 0 Å². The van der Waals surface area contributed by atoms with E-state index in [4.69, 9.17) is 4.74 Å². The standard InChI is InChI=1S/C29H34N4O3/c1-3-36-28(35)32-13-9-25(10-14-32)31-15-11-29(12-16-31)20-33(21(2)34)27-8-7-24(18-26(27)29)23-6-4-5-22(17-23)19-30/h4-8,17-18,25H,3,9-16,20H2,1-2H3. The highest BCUT2D eigenvalue weighted by Gasteiger charge is 2.46. The van der Waals surface area contributed by atoms with Crippen molar-refractivity contribution in [3.8, 4) is 17.2 Å². The molecule has 0 unspecified atom stereocenters. The summed E-state index contributed by atoms with van der Waals surface area (Å²) >= 11 is 0. The average molecular weight is 487 g/mol. The van der Waals surface area contributed by atoms with Crippen LogP contribution in [0.3, 0.4) is 0 Å². The first kappa shape index (κ1) is 24.3. The lowest BCUT2D eigenvalue weighted by Crippen LogP contribution is -2.52. The second kappa shape index (κ2) is 9.94. The highest BCUT2D eigenvalue weighted by molar-refractivity contribution is 5.95. The SMILES string of the molecule is CCOC(=O)N1CCC(N2CCC3(CC2)CN(C(C)=O)c2ccc(-c4cccc(C#N)c4)cc23)CC1. The third-order valence-corrected chi connectivity index (χ3v) is 8.29. The van der Waals surface area contributed by atoms with Crippen LogP contribution in [-0.2, 0) is 14.9 Å². The highest BCUT2D eigenvalue weighted by atomic mass is 16.6. The van der Waals surface area contributed by atoms with Crippen LogP contribution in [0.15, 0.2) is 42.5 Å². The maximum atomic E-state index is 12.6. The first-order valence-corrected chi connectivity index (χ1v) is 13.0. The van der Waals surface area contributed by atoms with Crippen LogP contribution in [0.4, 0.5) is 10.5 Å². The summed E-state index contributed by atoms with van der Waals surface area (Å²) in [5.74, 6) is 0.0844. The molecule has 2 aromatic rings. The van der Waals surface area contributed by atoms with Crippen molar-refractivity contribution in [2.24, 2.45) is 0 Å². The number of nitriles is 1. The number of piperidine rings is 2. The molecule has 2 fully saturated rings. The molecule has 0 aromatic heterocycles. The van der Waals surface area contributed by atoms with Crippen molar-refractivity contribution in [1.82, 2.24) is 9.80 Å². The zero-order valence-corrected chi connectivity index (χ0v) is 21.2.